The molecular weight excluding hydrogens is 521 g/mol. The lowest BCUT2D eigenvalue weighted by Crippen LogP contribution is -2.65. The number of amides is 1. The van der Waals surface area contributed by atoms with Gasteiger partial charge in [-0.1, -0.05) is 6.42 Å². The molecule has 6 atom stereocenters. The van der Waals surface area contributed by atoms with E-state index in [9.17, 15) is 34.8 Å². The Bertz CT molecular complexity index is 1410. The summed E-state index contributed by atoms with van der Waals surface area (Å²) in [5.41, 5.74) is 1.61. The van der Waals surface area contributed by atoms with Gasteiger partial charge in [0.2, 0.25) is 5.78 Å². The number of nitrogens with two attached hydrogens (primary N) is 1. The van der Waals surface area contributed by atoms with Crippen molar-refractivity contribution in [3.8, 4) is 5.75 Å². The first-order valence-corrected chi connectivity index (χ1v) is 13.8. The average molecular weight is 556 g/mol. The van der Waals surface area contributed by atoms with Gasteiger partial charge in [0.25, 0.3) is 5.91 Å². The largest absolute Gasteiger partial charge is 0.508 e. The number of hydrogen-bond acceptors (Lipinski definition) is 9. The Morgan fingerprint density at radius 3 is 2.42 bits per heavy atom. The molecule has 1 aromatic carbocycles. The second-order valence-corrected chi connectivity index (χ2v) is 12.3. The van der Waals surface area contributed by atoms with Crippen LogP contribution in [0.1, 0.15) is 42.4 Å². The lowest BCUT2D eigenvalue weighted by molar-refractivity contribution is -0.153. The lowest BCUT2D eigenvalue weighted by Gasteiger charge is -2.50. The predicted octanol–water partition coefficient (Wildman–Crippen LogP) is 1.34. The third-order valence-corrected chi connectivity index (χ3v) is 9.92. The van der Waals surface area contributed by atoms with Crippen molar-refractivity contribution in [1.82, 2.24) is 9.80 Å². The van der Waals surface area contributed by atoms with Crippen LogP contribution in [0.4, 0.5) is 4.39 Å². The average Bonchev–Trinajstić information content (AvgIpc) is 3.46. The van der Waals surface area contributed by atoms with Gasteiger partial charge in [0.1, 0.15) is 28.7 Å². The van der Waals surface area contributed by atoms with Gasteiger partial charge in [0.15, 0.2) is 11.4 Å². The topological polar surface area (TPSA) is 165 Å². The zero-order valence-corrected chi connectivity index (χ0v) is 22.5. The zero-order valence-electron chi connectivity index (χ0n) is 22.5. The van der Waals surface area contributed by atoms with Crippen LogP contribution in [0.5, 0.6) is 5.75 Å². The van der Waals surface area contributed by atoms with Crippen LogP contribution < -0.4 is 5.73 Å². The van der Waals surface area contributed by atoms with Gasteiger partial charge in [-0.25, -0.2) is 4.39 Å². The quantitative estimate of drug-likeness (QED) is 0.345. The van der Waals surface area contributed by atoms with Crippen LogP contribution in [-0.4, -0.2) is 86.5 Å². The molecule has 3 fully saturated rings. The van der Waals surface area contributed by atoms with Crippen molar-refractivity contribution in [2.75, 3.05) is 27.2 Å². The van der Waals surface area contributed by atoms with Crippen LogP contribution in [0.2, 0.25) is 0 Å². The fourth-order valence-corrected chi connectivity index (χ4v) is 8.16. The van der Waals surface area contributed by atoms with Crippen molar-refractivity contribution >= 4 is 23.2 Å². The monoisotopic (exact) mass is 555 g/mol. The number of phenolic OH excluding ortho intramolecular Hbond substituents is 1. The number of fused-ring (bicyclic) bond motifs is 4. The number of likely N-dealkylation sites (N-methyl/N-ethyl adjacent to an activating group) is 1. The molecule has 6 rings (SSSR count). The summed E-state index contributed by atoms with van der Waals surface area (Å²) < 4.78 is 16.0. The summed E-state index contributed by atoms with van der Waals surface area (Å²) in [5.74, 6) is -6.80. The second kappa shape index (κ2) is 9.12. The first-order valence-electron chi connectivity index (χ1n) is 13.8. The Balaban J connectivity index is 1.42. The third-order valence-electron chi connectivity index (χ3n) is 9.92. The van der Waals surface area contributed by atoms with Gasteiger partial charge in [0, 0.05) is 42.3 Å². The number of carbonyl (C=O) groups excluding carboxylic acids is 3. The molecule has 1 aliphatic heterocycles. The molecule has 2 unspecified atom stereocenters. The summed E-state index contributed by atoms with van der Waals surface area (Å²) >= 11 is 0. The van der Waals surface area contributed by atoms with Crippen molar-refractivity contribution in [3.63, 3.8) is 0 Å². The van der Waals surface area contributed by atoms with E-state index in [1.54, 1.807) is 0 Å². The molecule has 6 N–H and O–H groups in total. The SMILES string of the molecule is CN(C)[C@@H]1C(=O)C(C(N)=O)=C(O)[C@@]2(O)C(=O)C3=C(O)c4c(O)cc(CN5CC6CCCC6C5)c(F)c4C[C@H]3C[C@@H]12. The van der Waals surface area contributed by atoms with Crippen LogP contribution in [0.25, 0.3) is 5.76 Å². The molecule has 10 nitrogen and oxygen atoms in total. The van der Waals surface area contributed by atoms with Gasteiger partial charge >= 0.3 is 0 Å². The summed E-state index contributed by atoms with van der Waals surface area (Å²) in [6, 6.07) is 0.0883. The van der Waals surface area contributed by atoms with Gasteiger partial charge < -0.3 is 26.2 Å². The number of primary amides is 1. The molecule has 0 spiro atoms. The van der Waals surface area contributed by atoms with E-state index in [0.29, 0.717) is 23.9 Å². The maximum atomic E-state index is 16.0. The van der Waals surface area contributed by atoms with Crippen LogP contribution in [0, 0.1) is 29.5 Å². The molecule has 0 bridgehead atoms. The number of phenols is 1. The highest BCUT2D eigenvalue weighted by molar-refractivity contribution is 6.24. The van der Waals surface area contributed by atoms with Gasteiger partial charge in [-0.3, -0.25) is 24.2 Å². The van der Waals surface area contributed by atoms with Crippen LogP contribution in [0.15, 0.2) is 23.0 Å². The standard InChI is InChI=1S/C29H34FN3O7/c1-32(2)23-17-7-14-6-16-20(18(34)8-15(22(16)30)11-33-9-12-4-3-5-13(12)10-33)24(35)19(14)26(37)29(17,40)27(38)21(25(23)36)28(31)39/h8,12-14,17,23,34-35,38,40H,3-7,9-11H2,1-2H3,(H2,31,39)/t12?,13?,14-,17-,23-,29-/m0/s1. The van der Waals surface area contributed by atoms with E-state index in [-0.39, 0.29) is 29.5 Å². The fraction of sp³-hybridized carbons (Fsp3) is 0.552. The first-order chi connectivity index (χ1) is 18.9. The molecule has 1 aromatic rings. The fourth-order valence-electron chi connectivity index (χ4n) is 8.16. The number of aliphatic hydroxyl groups is 3. The molecule has 1 heterocycles. The van der Waals surface area contributed by atoms with E-state index in [4.69, 9.17) is 5.73 Å². The number of Topliss-reactive ketones (excluding diaryl/α,β-unsaturated/α-hetero) is 2. The number of aliphatic hydroxyl groups excluding tert-OH is 2. The molecule has 214 valence electrons. The molecule has 1 saturated heterocycles. The number of ketones is 2. The number of hydrogen-bond donors (Lipinski definition) is 5. The third kappa shape index (κ3) is 3.60. The Kier molecular flexibility index (Phi) is 6.14. The van der Waals surface area contributed by atoms with Crippen LogP contribution >= 0.6 is 0 Å². The number of benzene rings is 1. The van der Waals surface area contributed by atoms with E-state index < -0.39 is 69.6 Å². The minimum absolute atomic E-state index is 0.0625. The molecular formula is C29H34FN3O7. The van der Waals surface area contributed by atoms with Gasteiger partial charge in [-0.15, -0.1) is 0 Å². The molecule has 2 saturated carbocycles. The van der Waals surface area contributed by atoms with Crippen LogP contribution in [-0.2, 0) is 27.3 Å². The molecule has 5 aliphatic rings. The minimum atomic E-state index is -2.72. The number of halogens is 1. The highest BCUT2D eigenvalue weighted by atomic mass is 19.1. The molecule has 40 heavy (non-hydrogen) atoms. The highest BCUT2D eigenvalue weighted by Gasteiger charge is 2.64. The highest BCUT2D eigenvalue weighted by Crippen LogP contribution is 2.53. The zero-order chi connectivity index (χ0) is 28.8. The second-order valence-electron chi connectivity index (χ2n) is 12.3. The summed E-state index contributed by atoms with van der Waals surface area (Å²) in [6.45, 7) is 2.06. The lowest BCUT2D eigenvalue weighted by atomic mass is 9.57. The molecule has 1 amide bonds. The summed E-state index contributed by atoms with van der Waals surface area (Å²) in [7, 11) is 3.06. The van der Waals surface area contributed by atoms with E-state index in [2.05, 4.69) is 4.90 Å². The maximum absolute atomic E-state index is 16.0. The number of nitrogens with zero attached hydrogens (tertiary/aromatic N) is 2. The minimum Gasteiger partial charge on any atom is -0.508 e. The van der Waals surface area contributed by atoms with Crippen molar-refractivity contribution in [3.05, 3.63) is 45.5 Å². The Labute approximate surface area is 230 Å². The van der Waals surface area contributed by atoms with Gasteiger partial charge in [-0.05, 0) is 63.6 Å². The van der Waals surface area contributed by atoms with Crippen molar-refractivity contribution in [2.45, 2.75) is 50.3 Å². The first kappa shape index (κ1) is 26.9. The maximum Gasteiger partial charge on any atom is 0.255 e. The molecule has 4 aliphatic carbocycles. The smallest absolute Gasteiger partial charge is 0.255 e. The van der Waals surface area contributed by atoms with E-state index >= 15 is 4.39 Å². The number of carbonyl (C=O) groups is 3. The van der Waals surface area contributed by atoms with Crippen molar-refractivity contribution in [2.24, 2.45) is 29.4 Å². The van der Waals surface area contributed by atoms with Gasteiger partial charge in [-0.2, -0.15) is 0 Å². The van der Waals surface area contributed by atoms with Crippen molar-refractivity contribution in [1.29, 1.82) is 0 Å². The van der Waals surface area contributed by atoms with Crippen molar-refractivity contribution < 1.29 is 39.2 Å². The van der Waals surface area contributed by atoms with E-state index in [0.717, 1.165) is 13.1 Å². The predicted molar refractivity (Wildman–Crippen MR) is 140 cm³/mol. The van der Waals surface area contributed by atoms with E-state index in [1.165, 1.54) is 44.3 Å². The Hall–Kier alpha value is -3.28. The van der Waals surface area contributed by atoms with E-state index in [1.807, 2.05) is 0 Å². The Morgan fingerprint density at radius 2 is 1.82 bits per heavy atom. The Morgan fingerprint density at radius 1 is 1.18 bits per heavy atom. The summed E-state index contributed by atoms with van der Waals surface area (Å²) in [5, 5.41) is 44.7. The summed E-state index contributed by atoms with van der Waals surface area (Å²) in [4.78, 5) is 42.7. The van der Waals surface area contributed by atoms with Crippen LogP contribution in [0.3, 0.4) is 0 Å². The molecule has 11 heteroatoms. The number of likely N-dealkylation sites (tertiary alicyclic amines) is 1. The molecule has 0 aromatic heterocycles. The van der Waals surface area contributed by atoms with Gasteiger partial charge in [0.05, 0.1) is 11.6 Å². The number of aromatic hydroxyl groups is 1. The normalized spacial score (nSPS) is 33.8. The number of rotatable bonds is 4. The molecule has 0 radical (unpaired) electrons. The summed E-state index contributed by atoms with van der Waals surface area (Å²) in [6.07, 6.45) is 3.43.